The molecular formula is C12H22N2O3S. The Balaban J connectivity index is 1.87. The van der Waals surface area contributed by atoms with Gasteiger partial charge in [-0.2, -0.15) is 0 Å². The molecule has 3 atom stereocenters. The van der Waals surface area contributed by atoms with Crippen LogP contribution in [-0.2, 0) is 14.6 Å². The molecule has 1 amide bonds. The van der Waals surface area contributed by atoms with Crippen molar-refractivity contribution in [2.75, 3.05) is 11.5 Å². The van der Waals surface area contributed by atoms with Crippen LogP contribution in [-0.4, -0.2) is 44.0 Å². The fourth-order valence-corrected chi connectivity index (χ4v) is 4.42. The molecular weight excluding hydrogens is 252 g/mol. The van der Waals surface area contributed by atoms with Crippen LogP contribution in [0.25, 0.3) is 0 Å². The highest BCUT2D eigenvalue weighted by molar-refractivity contribution is 7.91. The minimum Gasteiger partial charge on any atom is -0.351 e. The molecule has 5 nitrogen and oxygen atoms in total. The Bertz CT molecular complexity index is 408. The minimum absolute atomic E-state index is 0.0383. The summed E-state index contributed by atoms with van der Waals surface area (Å²) in [6.07, 6.45) is 4.42. The van der Waals surface area contributed by atoms with Crippen molar-refractivity contribution in [3.05, 3.63) is 0 Å². The first-order valence-electron chi connectivity index (χ1n) is 6.73. The number of carbonyl (C=O) groups is 1. The second kappa shape index (κ2) is 5.57. The highest BCUT2D eigenvalue weighted by Crippen LogP contribution is 2.15. The summed E-state index contributed by atoms with van der Waals surface area (Å²) in [5.74, 6) is 0.322. The molecule has 2 heterocycles. The Kier molecular flexibility index (Phi) is 4.27. The topological polar surface area (TPSA) is 75.3 Å². The van der Waals surface area contributed by atoms with Crippen molar-refractivity contribution in [1.29, 1.82) is 0 Å². The highest BCUT2D eigenvalue weighted by Gasteiger charge is 2.29. The predicted molar refractivity (Wildman–Crippen MR) is 70.1 cm³/mol. The maximum atomic E-state index is 12.1. The molecule has 2 fully saturated rings. The SMILES string of the molecule is CC1CCCC(C(=O)NC2CCCS(=O)(=O)C2)N1. The van der Waals surface area contributed by atoms with Crippen molar-refractivity contribution in [2.24, 2.45) is 0 Å². The second-order valence-corrected chi connectivity index (χ2v) is 7.74. The Morgan fingerprint density at radius 1 is 1.22 bits per heavy atom. The molecule has 0 bridgehead atoms. The van der Waals surface area contributed by atoms with Gasteiger partial charge in [0, 0.05) is 12.1 Å². The summed E-state index contributed by atoms with van der Waals surface area (Å²) < 4.78 is 23.0. The Morgan fingerprint density at radius 2 is 2.00 bits per heavy atom. The van der Waals surface area contributed by atoms with Crippen LogP contribution in [0.5, 0.6) is 0 Å². The molecule has 0 aromatic rings. The second-order valence-electron chi connectivity index (χ2n) is 5.51. The lowest BCUT2D eigenvalue weighted by Gasteiger charge is -2.30. The number of amides is 1. The number of hydrogen-bond acceptors (Lipinski definition) is 4. The van der Waals surface area contributed by atoms with E-state index >= 15 is 0 Å². The van der Waals surface area contributed by atoms with Crippen LogP contribution in [0.2, 0.25) is 0 Å². The summed E-state index contributed by atoms with van der Waals surface area (Å²) in [4.78, 5) is 12.1. The lowest BCUT2D eigenvalue weighted by molar-refractivity contribution is -0.124. The molecule has 0 aliphatic carbocycles. The standard InChI is InChI=1S/C12H22N2O3S/c1-9-4-2-6-11(13-9)12(15)14-10-5-3-7-18(16,17)8-10/h9-11,13H,2-8H2,1H3,(H,14,15). The van der Waals surface area contributed by atoms with Crippen LogP contribution in [0.4, 0.5) is 0 Å². The maximum absolute atomic E-state index is 12.1. The van der Waals surface area contributed by atoms with Gasteiger partial charge in [0.2, 0.25) is 5.91 Å². The van der Waals surface area contributed by atoms with Gasteiger partial charge in [-0.3, -0.25) is 4.79 Å². The Labute approximate surface area is 109 Å². The summed E-state index contributed by atoms with van der Waals surface area (Å²) in [6.45, 7) is 2.07. The van der Waals surface area contributed by atoms with Crippen molar-refractivity contribution >= 4 is 15.7 Å². The molecule has 2 saturated heterocycles. The number of nitrogens with one attached hydrogen (secondary N) is 2. The molecule has 2 rings (SSSR count). The Morgan fingerprint density at radius 3 is 2.67 bits per heavy atom. The van der Waals surface area contributed by atoms with Gasteiger partial charge in [0.15, 0.2) is 9.84 Å². The first-order chi connectivity index (χ1) is 8.46. The minimum atomic E-state index is -2.95. The average molecular weight is 274 g/mol. The molecule has 0 saturated carbocycles. The molecule has 3 unspecified atom stereocenters. The summed E-state index contributed by atoms with van der Waals surface area (Å²) >= 11 is 0. The third-order valence-corrected chi connectivity index (χ3v) is 5.56. The third kappa shape index (κ3) is 3.68. The van der Waals surface area contributed by atoms with Crippen LogP contribution in [0.1, 0.15) is 39.0 Å². The van der Waals surface area contributed by atoms with Gasteiger partial charge in [0.1, 0.15) is 0 Å². The normalized spacial score (nSPS) is 35.9. The smallest absolute Gasteiger partial charge is 0.237 e. The van der Waals surface area contributed by atoms with Gasteiger partial charge in [-0.1, -0.05) is 0 Å². The first-order valence-corrected chi connectivity index (χ1v) is 8.55. The predicted octanol–water partition coefficient (Wildman–Crippen LogP) is 0.210. The van der Waals surface area contributed by atoms with E-state index in [1.165, 1.54) is 0 Å². The van der Waals surface area contributed by atoms with Gasteiger partial charge >= 0.3 is 0 Å². The zero-order valence-electron chi connectivity index (χ0n) is 10.8. The highest BCUT2D eigenvalue weighted by atomic mass is 32.2. The molecule has 2 aliphatic rings. The van der Waals surface area contributed by atoms with Crippen molar-refractivity contribution < 1.29 is 13.2 Å². The number of piperidine rings is 1. The van der Waals surface area contributed by atoms with Gasteiger partial charge in [0.25, 0.3) is 0 Å². The van der Waals surface area contributed by atoms with Gasteiger partial charge in [0.05, 0.1) is 17.5 Å². The molecule has 104 valence electrons. The number of carbonyl (C=O) groups excluding carboxylic acids is 1. The fourth-order valence-electron chi connectivity index (χ4n) is 2.78. The van der Waals surface area contributed by atoms with Crippen molar-refractivity contribution in [2.45, 2.75) is 57.2 Å². The maximum Gasteiger partial charge on any atom is 0.237 e. The number of sulfone groups is 1. The lowest BCUT2D eigenvalue weighted by Crippen LogP contribution is -2.54. The molecule has 0 aromatic heterocycles. The lowest BCUT2D eigenvalue weighted by atomic mass is 9.99. The van der Waals surface area contributed by atoms with Gasteiger partial charge < -0.3 is 10.6 Å². The summed E-state index contributed by atoms with van der Waals surface area (Å²) in [5, 5.41) is 6.15. The van der Waals surface area contributed by atoms with Crippen molar-refractivity contribution in [3.63, 3.8) is 0 Å². The van der Waals surface area contributed by atoms with E-state index in [1.807, 2.05) is 0 Å². The van der Waals surface area contributed by atoms with E-state index in [-0.39, 0.29) is 29.5 Å². The third-order valence-electron chi connectivity index (χ3n) is 3.74. The molecule has 0 spiro atoms. The average Bonchev–Trinajstić information content (AvgIpc) is 2.27. The van der Waals surface area contributed by atoms with E-state index in [0.29, 0.717) is 12.5 Å². The van der Waals surface area contributed by atoms with Crippen molar-refractivity contribution in [1.82, 2.24) is 10.6 Å². The molecule has 2 aliphatic heterocycles. The van der Waals surface area contributed by atoms with Crippen LogP contribution >= 0.6 is 0 Å². The monoisotopic (exact) mass is 274 g/mol. The fraction of sp³-hybridized carbons (Fsp3) is 0.917. The first kappa shape index (κ1) is 13.8. The molecule has 2 N–H and O–H groups in total. The zero-order valence-corrected chi connectivity index (χ0v) is 11.6. The molecule has 6 heteroatoms. The quantitative estimate of drug-likeness (QED) is 0.755. The van der Waals surface area contributed by atoms with Crippen LogP contribution < -0.4 is 10.6 Å². The summed E-state index contributed by atoms with van der Waals surface area (Å²) in [7, 11) is -2.95. The van der Waals surface area contributed by atoms with E-state index in [0.717, 1.165) is 25.7 Å². The van der Waals surface area contributed by atoms with Gasteiger partial charge in [-0.15, -0.1) is 0 Å². The van der Waals surface area contributed by atoms with E-state index < -0.39 is 9.84 Å². The zero-order chi connectivity index (χ0) is 13.2. The molecule has 18 heavy (non-hydrogen) atoms. The van der Waals surface area contributed by atoms with Gasteiger partial charge in [-0.25, -0.2) is 8.42 Å². The summed E-state index contributed by atoms with van der Waals surface area (Å²) in [6, 6.07) is 0.0123. The van der Waals surface area contributed by atoms with Crippen LogP contribution in [0.15, 0.2) is 0 Å². The van der Waals surface area contributed by atoms with Crippen LogP contribution in [0, 0.1) is 0 Å². The van der Waals surface area contributed by atoms with E-state index in [9.17, 15) is 13.2 Å². The van der Waals surface area contributed by atoms with E-state index in [4.69, 9.17) is 0 Å². The van der Waals surface area contributed by atoms with E-state index in [2.05, 4.69) is 17.6 Å². The van der Waals surface area contributed by atoms with Gasteiger partial charge in [-0.05, 0) is 39.0 Å². The molecule has 0 aromatic carbocycles. The van der Waals surface area contributed by atoms with Crippen molar-refractivity contribution in [3.8, 4) is 0 Å². The largest absolute Gasteiger partial charge is 0.351 e. The number of hydrogen-bond donors (Lipinski definition) is 2. The van der Waals surface area contributed by atoms with Crippen LogP contribution in [0.3, 0.4) is 0 Å². The number of rotatable bonds is 2. The Hall–Kier alpha value is -0.620. The van der Waals surface area contributed by atoms with E-state index in [1.54, 1.807) is 0 Å². The summed E-state index contributed by atoms with van der Waals surface area (Å²) in [5.41, 5.74) is 0. The molecule has 0 radical (unpaired) electrons.